The van der Waals surface area contributed by atoms with Crippen LogP contribution in [0.4, 0.5) is 0 Å². The van der Waals surface area contributed by atoms with Crippen LogP contribution in [0.15, 0.2) is 0 Å². The van der Waals surface area contributed by atoms with E-state index in [-0.39, 0.29) is 6.10 Å². The Labute approximate surface area is 179 Å². The molecule has 4 aliphatic carbocycles. The largest absolute Gasteiger partial charge is 0.393 e. The molecular formula is C26H46O3. The van der Waals surface area contributed by atoms with E-state index in [1.165, 1.54) is 44.9 Å². The number of aliphatic hydroxyl groups excluding tert-OH is 1. The normalized spacial score (nSPS) is 50.0. The van der Waals surface area contributed by atoms with E-state index in [0.717, 1.165) is 43.4 Å². The molecule has 0 saturated heterocycles. The van der Waals surface area contributed by atoms with Crippen LogP contribution in [0.2, 0.25) is 0 Å². The summed E-state index contributed by atoms with van der Waals surface area (Å²) in [6.45, 7) is 9.02. The van der Waals surface area contributed by atoms with Gasteiger partial charge in [0.2, 0.25) is 0 Å². The third kappa shape index (κ3) is 3.82. The predicted octanol–water partition coefficient (Wildman–Crippen LogP) is 5.57. The molecule has 0 heterocycles. The molecule has 3 heteroatoms. The molecule has 0 aromatic rings. The summed E-state index contributed by atoms with van der Waals surface area (Å²) in [6.07, 6.45) is 13.4. The lowest BCUT2D eigenvalue weighted by atomic mass is 9.43. The van der Waals surface area contributed by atoms with Crippen molar-refractivity contribution in [3.05, 3.63) is 0 Å². The molecule has 0 aliphatic heterocycles. The highest BCUT2D eigenvalue weighted by Crippen LogP contribution is 2.68. The first-order valence-electron chi connectivity index (χ1n) is 12.5. The van der Waals surface area contributed by atoms with Crippen LogP contribution in [0.25, 0.3) is 0 Å². The number of methoxy groups -OCH3 is 1. The molecule has 2 N–H and O–H groups in total. The van der Waals surface area contributed by atoms with Gasteiger partial charge in [-0.25, -0.2) is 0 Å². The van der Waals surface area contributed by atoms with Crippen molar-refractivity contribution in [2.24, 2.45) is 40.4 Å². The Bertz CT molecular complexity index is 583. The fourth-order valence-electron chi connectivity index (χ4n) is 8.91. The monoisotopic (exact) mass is 406 g/mol. The molecule has 4 fully saturated rings. The summed E-state index contributed by atoms with van der Waals surface area (Å²) in [6, 6.07) is 0. The van der Waals surface area contributed by atoms with Crippen LogP contribution in [0.1, 0.15) is 98.3 Å². The van der Waals surface area contributed by atoms with Crippen LogP contribution in [-0.2, 0) is 4.74 Å². The van der Waals surface area contributed by atoms with Crippen LogP contribution in [-0.4, -0.2) is 35.1 Å². The van der Waals surface area contributed by atoms with E-state index in [1.54, 1.807) is 0 Å². The second-order valence-electron chi connectivity index (χ2n) is 12.5. The van der Waals surface area contributed by atoms with Crippen LogP contribution in [0, 0.1) is 40.4 Å². The topological polar surface area (TPSA) is 49.7 Å². The average Bonchev–Trinajstić information content (AvgIpc) is 2.97. The number of fused-ring (bicyclic) bond motifs is 5. The summed E-state index contributed by atoms with van der Waals surface area (Å²) >= 11 is 0. The first-order valence-corrected chi connectivity index (χ1v) is 12.5. The third-order valence-electron chi connectivity index (χ3n) is 10.4. The van der Waals surface area contributed by atoms with Gasteiger partial charge in [-0.05, 0) is 118 Å². The van der Waals surface area contributed by atoms with Gasteiger partial charge in [-0.3, -0.25) is 0 Å². The molecule has 29 heavy (non-hydrogen) atoms. The van der Waals surface area contributed by atoms with Gasteiger partial charge in [0, 0.05) is 7.11 Å². The van der Waals surface area contributed by atoms with E-state index in [0.29, 0.717) is 28.8 Å². The molecule has 8 unspecified atom stereocenters. The van der Waals surface area contributed by atoms with Crippen molar-refractivity contribution in [2.45, 2.75) is 116 Å². The summed E-state index contributed by atoms with van der Waals surface area (Å²) in [4.78, 5) is 0. The quantitative estimate of drug-likeness (QED) is 0.627. The molecule has 168 valence electrons. The van der Waals surface area contributed by atoms with Gasteiger partial charge in [0.1, 0.15) is 0 Å². The molecule has 4 aliphatic rings. The highest BCUT2D eigenvalue weighted by atomic mass is 16.5. The van der Waals surface area contributed by atoms with E-state index in [2.05, 4.69) is 13.8 Å². The number of hydrogen-bond donors (Lipinski definition) is 2. The van der Waals surface area contributed by atoms with Gasteiger partial charge in [-0.15, -0.1) is 0 Å². The summed E-state index contributed by atoms with van der Waals surface area (Å²) in [5.74, 6) is 3.78. The van der Waals surface area contributed by atoms with Gasteiger partial charge in [-0.1, -0.05) is 20.3 Å². The third-order valence-corrected chi connectivity index (χ3v) is 10.4. The Morgan fingerprint density at radius 2 is 1.79 bits per heavy atom. The van der Waals surface area contributed by atoms with E-state index in [1.807, 2.05) is 21.0 Å². The van der Waals surface area contributed by atoms with Crippen LogP contribution in [0.5, 0.6) is 0 Å². The molecule has 9 atom stereocenters. The Balaban J connectivity index is 1.54. The van der Waals surface area contributed by atoms with Crippen molar-refractivity contribution in [3.63, 3.8) is 0 Å². The van der Waals surface area contributed by atoms with E-state index in [9.17, 15) is 10.2 Å². The van der Waals surface area contributed by atoms with Crippen LogP contribution < -0.4 is 0 Å². The maximum atomic E-state index is 10.3. The minimum Gasteiger partial charge on any atom is -0.393 e. The molecule has 4 saturated carbocycles. The number of hydrogen-bond acceptors (Lipinski definition) is 3. The second kappa shape index (κ2) is 7.78. The molecular weight excluding hydrogens is 360 g/mol. The zero-order chi connectivity index (χ0) is 21.0. The molecule has 0 aromatic carbocycles. The molecule has 0 bridgehead atoms. The highest BCUT2D eigenvalue weighted by molar-refractivity contribution is 5.12. The maximum Gasteiger partial charge on any atom is 0.0612 e. The SMILES string of the molecule is COC1CC2(C)C(CCCC(C)(C)O)CCC2[C@@H]2CCC3CC(O)CCC3(C)C12. The number of rotatable bonds is 5. The van der Waals surface area contributed by atoms with Crippen LogP contribution in [0.3, 0.4) is 0 Å². The summed E-state index contributed by atoms with van der Waals surface area (Å²) in [5.41, 5.74) is 0.214. The summed E-state index contributed by atoms with van der Waals surface area (Å²) < 4.78 is 6.28. The maximum absolute atomic E-state index is 10.3. The predicted molar refractivity (Wildman–Crippen MR) is 118 cm³/mol. The van der Waals surface area contributed by atoms with Crippen molar-refractivity contribution >= 4 is 0 Å². The van der Waals surface area contributed by atoms with Gasteiger partial charge in [0.05, 0.1) is 17.8 Å². The van der Waals surface area contributed by atoms with Gasteiger partial charge in [0.15, 0.2) is 0 Å². The molecule has 0 radical (unpaired) electrons. The standard InChI is InChI=1S/C26H46O3/c1-24(2,28)13-6-7-17-9-11-21-20-10-8-18-15-19(27)12-14-25(18,3)23(20)22(29-5)16-26(17,21)4/h17-23,27-28H,6-16H2,1-5H3/t17?,18?,19?,20-,21?,22?,23?,25?,26?/m0/s1. The van der Waals surface area contributed by atoms with Crippen molar-refractivity contribution < 1.29 is 14.9 Å². The Hall–Kier alpha value is -0.120. The fraction of sp³-hybridized carbons (Fsp3) is 1.00. The van der Waals surface area contributed by atoms with E-state index >= 15 is 0 Å². The van der Waals surface area contributed by atoms with Crippen LogP contribution >= 0.6 is 0 Å². The molecule has 0 amide bonds. The van der Waals surface area contributed by atoms with Gasteiger partial charge in [-0.2, -0.15) is 0 Å². The number of aliphatic hydroxyl groups is 2. The fourth-order valence-corrected chi connectivity index (χ4v) is 8.91. The van der Waals surface area contributed by atoms with Gasteiger partial charge in [0.25, 0.3) is 0 Å². The minimum absolute atomic E-state index is 0.0777. The Kier molecular flexibility index (Phi) is 5.93. The minimum atomic E-state index is -0.538. The van der Waals surface area contributed by atoms with Crippen molar-refractivity contribution in [2.75, 3.05) is 7.11 Å². The molecule has 3 nitrogen and oxygen atoms in total. The molecule has 4 rings (SSSR count). The first kappa shape index (κ1) is 22.1. The molecule has 0 spiro atoms. The van der Waals surface area contributed by atoms with E-state index < -0.39 is 5.60 Å². The lowest BCUT2D eigenvalue weighted by Crippen LogP contribution is -2.59. The summed E-state index contributed by atoms with van der Waals surface area (Å²) in [5, 5.41) is 20.4. The van der Waals surface area contributed by atoms with E-state index in [4.69, 9.17) is 4.74 Å². The zero-order valence-electron chi connectivity index (χ0n) is 19.6. The zero-order valence-corrected chi connectivity index (χ0v) is 19.6. The average molecular weight is 407 g/mol. The van der Waals surface area contributed by atoms with Crippen molar-refractivity contribution in [3.8, 4) is 0 Å². The summed E-state index contributed by atoms with van der Waals surface area (Å²) in [7, 11) is 1.95. The first-order chi connectivity index (χ1) is 13.6. The van der Waals surface area contributed by atoms with Crippen molar-refractivity contribution in [1.82, 2.24) is 0 Å². The molecule has 0 aromatic heterocycles. The van der Waals surface area contributed by atoms with Crippen molar-refractivity contribution in [1.29, 1.82) is 0 Å². The second-order valence-corrected chi connectivity index (χ2v) is 12.5. The Morgan fingerprint density at radius 1 is 1.03 bits per heavy atom. The van der Waals surface area contributed by atoms with Gasteiger partial charge >= 0.3 is 0 Å². The Morgan fingerprint density at radius 3 is 2.48 bits per heavy atom. The highest BCUT2D eigenvalue weighted by Gasteiger charge is 2.63. The smallest absolute Gasteiger partial charge is 0.0612 e. The number of ether oxygens (including phenoxy) is 1. The lowest BCUT2D eigenvalue weighted by Gasteiger charge is -2.63. The van der Waals surface area contributed by atoms with Gasteiger partial charge < -0.3 is 14.9 Å². The lowest BCUT2D eigenvalue weighted by molar-refractivity contribution is -0.186.